The Kier molecular flexibility index (Phi) is 3.95. The second kappa shape index (κ2) is 4.62. The molecule has 0 aromatic carbocycles. The number of methoxy groups -OCH3 is 1. The quantitative estimate of drug-likeness (QED) is 0.725. The summed E-state index contributed by atoms with van der Waals surface area (Å²) < 4.78 is 28.5. The lowest BCUT2D eigenvalue weighted by Gasteiger charge is -2.35. The van der Waals surface area contributed by atoms with E-state index in [2.05, 4.69) is 0 Å². The maximum absolute atomic E-state index is 12.0. The first kappa shape index (κ1) is 12.0. The predicted molar refractivity (Wildman–Crippen MR) is 57.2 cm³/mol. The Hall–Kier alpha value is -0.0900. The fraction of sp³-hybridized carbons (Fsp3) is 1.00. The fourth-order valence-electron chi connectivity index (χ4n) is 2.31. The van der Waals surface area contributed by atoms with Crippen molar-refractivity contribution in [3.8, 4) is 0 Å². The van der Waals surface area contributed by atoms with Gasteiger partial charge in [-0.1, -0.05) is 26.2 Å². The van der Waals surface area contributed by atoms with E-state index in [1.165, 1.54) is 0 Å². The van der Waals surface area contributed by atoms with Crippen LogP contribution in [0, 0.1) is 0 Å². The van der Waals surface area contributed by atoms with E-state index in [1.807, 2.05) is 0 Å². The third kappa shape index (κ3) is 2.11. The van der Waals surface area contributed by atoms with Crippen molar-refractivity contribution in [1.29, 1.82) is 0 Å². The molecule has 4 heteroatoms. The minimum Gasteiger partial charge on any atom is -0.383 e. The highest BCUT2D eigenvalue weighted by molar-refractivity contribution is 7.92. The van der Waals surface area contributed by atoms with Gasteiger partial charge in [-0.25, -0.2) is 8.42 Å². The van der Waals surface area contributed by atoms with Gasteiger partial charge < -0.3 is 4.74 Å². The zero-order valence-electron chi connectivity index (χ0n) is 9.08. The predicted octanol–water partition coefficient (Wildman–Crippen LogP) is 1.77. The molecule has 0 radical (unpaired) electrons. The summed E-state index contributed by atoms with van der Waals surface area (Å²) in [6, 6.07) is 0. The molecule has 1 fully saturated rings. The summed E-state index contributed by atoms with van der Waals surface area (Å²) in [4.78, 5) is 0. The Morgan fingerprint density at radius 1 is 1.21 bits per heavy atom. The SMILES string of the molecule is CCS(=O)(=O)C1(COC)CCCCC1. The molecule has 0 N–H and O–H groups in total. The summed E-state index contributed by atoms with van der Waals surface area (Å²) in [7, 11) is -1.39. The average Bonchev–Trinajstić information content (AvgIpc) is 2.19. The number of sulfone groups is 1. The van der Waals surface area contributed by atoms with Gasteiger partial charge in [0.05, 0.1) is 11.4 Å². The summed E-state index contributed by atoms with van der Waals surface area (Å²) in [6.45, 7) is 2.09. The van der Waals surface area contributed by atoms with Gasteiger partial charge in [0.25, 0.3) is 0 Å². The first-order valence-electron chi connectivity index (χ1n) is 5.29. The second-order valence-electron chi connectivity index (χ2n) is 4.08. The Labute approximate surface area is 86.8 Å². The van der Waals surface area contributed by atoms with Gasteiger partial charge in [0, 0.05) is 12.9 Å². The third-order valence-electron chi connectivity index (χ3n) is 3.21. The van der Waals surface area contributed by atoms with Crippen LogP contribution in [0.25, 0.3) is 0 Å². The highest BCUT2D eigenvalue weighted by Gasteiger charge is 2.43. The average molecular weight is 220 g/mol. The molecule has 1 saturated carbocycles. The molecule has 1 aliphatic carbocycles. The van der Waals surface area contributed by atoms with E-state index in [4.69, 9.17) is 4.74 Å². The van der Waals surface area contributed by atoms with Gasteiger partial charge in [0.15, 0.2) is 9.84 Å². The standard InChI is InChI=1S/C10H20O3S/c1-3-14(11,12)10(9-13-2)7-5-4-6-8-10/h3-9H2,1-2H3. The Bertz CT molecular complexity index is 258. The van der Waals surface area contributed by atoms with Crippen molar-refractivity contribution in [3.63, 3.8) is 0 Å². The van der Waals surface area contributed by atoms with Crippen LogP contribution in [0.4, 0.5) is 0 Å². The van der Waals surface area contributed by atoms with Crippen molar-refractivity contribution in [2.75, 3.05) is 19.5 Å². The largest absolute Gasteiger partial charge is 0.383 e. The molecular formula is C10H20O3S. The van der Waals surface area contributed by atoms with Gasteiger partial charge in [-0.2, -0.15) is 0 Å². The second-order valence-corrected chi connectivity index (χ2v) is 6.75. The normalized spacial score (nSPS) is 22.1. The third-order valence-corrected chi connectivity index (χ3v) is 5.82. The number of ether oxygens (including phenoxy) is 1. The topological polar surface area (TPSA) is 43.4 Å². The maximum atomic E-state index is 12.0. The minimum atomic E-state index is -2.97. The highest BCUT2D eigenvalue weighted by Crippen LogP contribution is 2.35. The number of hydrogen-bond acceptors (Lipinski definition) is 3. The van der Waals surface area contributed by atoms with E-state index in [1.54, 1.807) is 14.0 Å². The monoisotopic (exact) mass is 220 g/mol. The highest BCUT2D eigenvalue weighted by atomic mass is 32.2. The summed E-state index contributed by atoms with van der Waals surface area (Å²) >= 11 is 0. The van der Waals surface area contributed by atoms with Crippen molar-refractivity contribution in [3.05, 3.63) is 0 Å². The minimum absolute atomic E-state index is 0.232. The lowest BCUT2D eigenvalue weighted by Crippen LogP contribution is -2.45. The Morgan fingerprint density at radius 3 is 2.21 bits per heavy atom. The molecule has 0 aliphatic heterocycles. The molecule has 0 heterocycles. The fourth-order valence-corrected chi connectivity index (χ4v) is 4.13. The molecule has 0 spiro atoms. The van der Waals surface area contributed by atoms with Crippen LogP contribution in [0.1, 0.15) is 39.0 Å². The molecule has 3 nitrogen and oxygen atoms in total. The van der Waals surface area contributed by atoms with Crippen molar-refractivity contribution in [2.24, 2.45) is 0 Å². The van der Waals surface area contributed by atoms with E-state index in [-0.39, 0.29) is 5.75 Å². The van der Waals surface area contributed by atoms with Crippen LogP contribution in [0.2, 0.25) is 0 Å². The molecule has 1 aliphatic rings. The zero-order valence-corrected chi connectivity index (χ0v) is 9.90. The summed E-state index contributed by atoms with van der Waals surface area (Å²) in [6.07, 6.45) is 4.74. The molecule has 0 atom stereocenters. The lowest BCUT2D eigenvalue weighted by molar-refractivity contribution is 0.144. The molecule has 0 amide bonds. The van der Waals surface area contributed by atoms with Crippen LogP contribution in [-0.4, -0.2) is 32.6 Å². The molecule has 0 saturated heterocycles. The molecule has 14 heavy (non-hydrogen) atoms. The first-order valence-corrected chi connectivity index (χ1v) is 6.94. The Balaban J connectivity index is 2.91. The van der Waals surface area contributed by atoms with Gasteiger partial charge >= 0.3 is 0 Å². The van der Waals surface area contributed by atoms with E-state index < -0.39 is 14.6 Å². The van der Waals surface area contributed by atoms with Gasteiger partial charge in [0.2, 0.25) is 0 Å². The molecule has 0 aromatic heterocycles. The van der Waals surface area contributed by atoms with Crippen molar-refractivity contribution >= 4 is 9.84 Å². The summed E-state index contributed by atoms with van der Waals surface area (Å²) in [5.41, 5.74) is 0. The molecule has 0 aromatic rings. The smallest absolute Gasteiger partial charge is 0.158 e. The molecule has 84 valence electrons. The van der Waals surface area contributed by atoms with Crippen molar-refractivity contribution in [2.45, 2.75) is 43.8 Å². The maximum Gasteiger partial charge on any atom is 0.158 e. The molecule has 0 bridgehead atoms. The number of rotatable bonds is 4. The van der Waals surface area contributed by atoms with E-state index in [0.717, 1.165) is 32.1 Å². The Morgan fingerprint density at radius 2 is 1.79 bits per heavy atom. The first-order chi connectivity index (χ1) is 6.58. The molecular weight excluding hydrogens is 200 g/mol. The van der Waals surface area contributed by atoms with Gasteiger partial charge in [-0.3, -0.25) is 0 Å². The van der Waals surface area contributed by atoms with Crippen LogP contribution < -0.4 is 0 Å². The van der Waals surface area contributed by atoms with E-state index >= 15 is 0 Å². The molecule has 1 rings (SSSR count). The summed E-state index contributed by atoms with van der Waals surface area (Å²) in [5, 5.41) is 0. The zero-order chi connectivity index (χ0) is 10.7. The van der Waals surface area contributed by atoms with Gasteiger partial charge in [-0.15, -0.1) is 0 Å². The van der Waals surface area contributed by atoms with Gasteiger partial charge in [0.1, 0.15) is 0 Å². The van der Waals surface area contributed by atoms with Crippen LogP contribution in [0.15, 0.2) is 0 Å². The van der Waals surface area contributed by atoms with Crippen LogP contribution in [0.3, 0.4) is 0 Å². The van der Waals surface area contributed by atoms with Crippen molar-refractivity contribution < 1.29 is 13.2 Å². The molecule has 0 unspecified atom stereocenters. The van der Waals surface area contributed by atoms with E-state index in [9.17, 15) is 8.42 Å². The van der Waals surface area contributed by atoms with Crippen molar-refractivity contribution in [1.82, 2.24) is 0 Å². The number of hydrogen-bond donors (Lipinski definition) is 0. The van der Waals surface area contributed by atoms with Crippen LogP contribution in [0.5, 0.6) is 0 Å². The lowest BCUT2D eigenvalue weighted by atomic mass is 9.89. The van der Waals surface area contributed by atoms with Gasteiger partial charge in [-0.05, 0) is 12.8 Å². The van der Waals surface area contributed by atoms with Crippen LogP contribution >= 0.6 is 0 Å². The summed E-state index contributed by atoms with van der Waals surface area (Å²) in [5.74, 6) is 0.232. The van der Waals surface area contributed by atoms with E-state index in [0.29, 0.717) is 6.61 Å². The van der Waals surface area contributed by atoms with Crippen LogP contribution in [-0.2, 0) is 14.6 Å².